The zero-order valence-electron chi connectivity index (χ0n) is 15.0. The van der Waals surface area contributed by atoms with Crippen LogP contribution in [-0.4, -0.2) is 18.4 Å². The van der Waals surface area contributed by atoms with Gasteiger partial charge in [0.2, 0.25) is 11.8 Å². The number of aryl methyl sites for hydroxylation is 1. The molecule has 0 aromatic heterocycles. The summed E-state index contributed by atoms with van der Waals surface area (Å²) in [6.45, 7) is 2.53. The Morgan fingerprint density at radius 1 is 1.12 bits per heavy atom. The molecule has 26 heavy (non-hydrogen) atoms. The largest absolute Gasteiger partial charge is 0.455 e. The maximum atomic E-state index is 12.2. The number of para-hydroxylation sites is 2. The first-order chi connectivity index (χ1) is 12.6. The Hall–Kier alpha value is -2.82. The summed E-state index contributed by atoms with van der Waals surface area (Å²) in [6.07, 6.45) is 2.95. The minimum absolute atomic E-state index is 0.0917. The molecule has 0 unspecified atom stereocenters. The van der Waals surface area contributed by atoms with E-state index in [1.54, 1.807) is 0 Å². The molecule has 1 aliphatic carbocycles. The van der Waals surface area contributed by atoms with Gasteiger partial charge in [-0.3, -0.25) is 9.59 Å². The molecule has 3 rings (SSSR count). The third-order valence-corrected chi connectivity index (χ3v) is 4.21. The minimum Gasteiger partial charge on any atom is -0.455 e. The van der Waals surface area contributed by atoms with Crippen molar-refractivity contribution in [2.75, 3.05) is 11.9 Å². The summed E-state index contributed by atoms with van der Waals surface area (Å²) in [7, 11) is 0. The Balaban J connectivity index is 1.50. The third kappa shape index (κ3) is 5.34. The second kappa shape index (κ2) is 8.52. The molecule has 1 saturated carbocycles. The van der Waals surface area contributed by atoms with Crippen molar-refractivity contribution in [1.29, 1.82) is 0 Å². The predicted molar refractivity (Wildman–Crippen MR) is 101 cm³/mol. The van der Waals surface area contributed by atoms with Crippen molar-refractivity contribution >= 4 is 17.5 Å². The zero-order valence-corrected chi connectivity index (χ0v) is 15.0. The Morgan fingerprint density at radius 2 is 1.92 bits per heavy atom. The van der Waals surface area contributed by atoms with Crippen LogP contribution in [0.3, 0.4) is 0 Å². The predicted octanol–water partition coefficient (Wildman–Crippen LogP) is 4.03. The summed E-state index contributed by atoms with van der Waals surface area (Å²) in [5.74, 6) is 1.56. The number of benzene rings is 2. The average molecular weight is 352 g/mol. The van der Waals surface area contributed by atoms with Crippen LogP contribution < -0.4 is 15.4 Å². The summed E-state index contributed by atoms with van der Waals surface area (Å²) in [5.41, 5.74) is 1.75. The summed E-state index contributed by atoms with van der Waals surface area (Å²) in [5, 5.41) is 5.76. The van der Waals surface area contributed by atoms with E-state index < -0.39 is 0 Å². The molecule has 0 radical (unpaired) electrons. The average Bonchev–Trinajstić information content (AvgIpc) is 3.45. The van der Waals surface area contributed by atoms with E-state index in [0.717, 1.165) is 24.2 Å². The van der Waals surface area contributed by atoms with E-state index >= 15 is 0 Å². The van der Waals surface area contributed by atoms with E-state index in [-0.39, 0.29) is 17.7 Å². The molecule has 0 atom stereocenters. The van der Waals surface area contributed by atoms with Crippen LogP contribution in [0.25, 0.3) is 0 Å². The first kappa shape index (κ1) is 18.0. The number of hydrogen-bond donors (Lipinski definition) is 2. The Bertz CT molecular complexity index is 784. The van der Waals surface area contributed by atoms with Crippen LogP contribution in [0.5, 0.6) is 11.5 Å². The highest BCUT2D eigenvalue weighted by molar-refractivity contribution is 5.92. The van der Waals surface area contributed by atoms with Gasteiger partial charge in [0.15, 0.2) is 5.75 Å². The molecule has 1 fully saturated rings. The van der Waals surface area contributed by atoms with E-state index in [1.165, 1.54) is 0 Å². The minimum atomic E-state index is -0.0917. The summed E-state index contributed by atoms with van der Waals surface area (Å²) in [4.78, 5) is 23.7. The van der Waals surface area contributed by atoms with Crippen LogP contribution in [-0.2, 0) is 9.59 Å². The highest BCUT2D eigenvalue weighted by Crippen LogP contribution is 2.30. The maximum Gasteiger partial charge on any atom is 0.224 e. The monoisotopic (exact) mass is 352 g/mol. The fourth-order valence-corrected chi connectivity index (χ4v) is 2.63. The lowest BCUT2D eigenvalue weighted by Crippen LogP contribution is -2.26. The van der Waals surface area contributed by atoms with Crippen LogP contribution in [0, 0.1) is 12.8 Å². The molecule has 0 aliphatic heterocycles. The van der Waals surface area contributed by atoms with Gasteiger partial charge in [-0.25, -0.2) is 0 Å². The number of amides is 2. The number of anilines is 1. The molecule has 0 bridgehead atoms. The molecular formula is C21H24N2O3. The van der Waals surface area contributed by atoms with Gasteiger partial charge in [0.05, 0.1) is 5.69 Å². The fourth-order valence-electron chi connectivity index (χ4n) is 2.63. The zero-order chi connectivity index (χ0) is 18.4. The van der Waals surface area contributed by atoms with Gasteiger partial charge in [0.25, 0.3) is 0 Å². The van der Waals surface area contributed by atoms with E-state index in [0.29, 0.717) is 30.8 Å². The van der Waals surface area contributed by atoms with Crippen molar-refractivity contribution < 1.29 is 14.3 Å². The van der Waals surface area contributed by atoms with Crippen molar-refractivity contribution in [3.8, 4) is 11.5 Å². The van der Waals surface area contributed by atoms with Gasteiger partial charge in [-0.2, -0.15) is 0 Å². The normalized spacial score (nSPS) is 13.1. The second-order valence-electron chi connectivity index (χ2n) is 6.63. The molecule has 2 aromatic carbocycles. The molecule has 136 valence electrons. The fraction of sp³-hybridized carbons (Fsp3) is 0.333. The van der Waals surface area contributed by atoms with Crippen LogP contribution in [0.1, 0.15) is 31.2 Å². The topological polar surface area (TPSA) is 67.4 Å². The summed E-state index contributed by atoms with van der Waals surface area (Å²) < 4.78 is 5.91. The highest BCUT2D eigenvalue weighted by Gasteiger charge is 2.28. The Kier molecular flexibility index (Phi) is 5.89. The number of rotatable bonds is 8. The molecule has 0 saturated heterocycles. The van der Waals surface area contributed by atoms with Crippen LogP contribution >= 0.6 is 0 Å². The van der Waals surface area contributed by atoms with Gasteiger partial charge in [-0.15, -0.1) is 0 Å². The first-order valence-corrected chi connectivity index (χ1v) is 9.03. The summed E-state index contributed by atoms with van der Waals surface area (Å²) in [6, 6.07) is 15.1. The standard InChI is InChI=1S/C21H24N2O3/c1-15-6-4-7-17(14-15)26-19-9-3-2-8-18(19)23-20(24)10-5-13-22-21(25)16-11-12-16/h2-4,6-9,14,16H,5,10-13H2,1H3,(H,22,25)(H,23,24). The quantitative estimate of drug-likeness (QED) is 0.705. The van der Waals surface area contributed by atoms with E-state index in [1.807, 2.05) is 55.5 Å². The van der Waals surface area contributed by atoms with E-state index in [9.17, 15) is 9.59 Å². The lowest BCUT2D eigenvalue weighted by Gasteiger charge is -2.12. The van der Waals surface area contributed by atoms with Crippen molar-refractivity contribution in [2.24, 2.45) is 5.92 Å². The Morgan fingerprint density at radius 3 is 2.69 bits per heavy atom. The van der Waals surface area contributed by atoms with Gasteiger partial charge >= 0.3 is 0 Å². The highest BCUT2D eigenvalue weighted by atomic mass is 16.5. The Labute approximate surface area is 153 Å². The molecule has 1 aliphatic rings. The van der Waals surface area contributed by atoms with Gasteiger partial charge in [-0.1, -0.05) is 24.3 Å². The lowest BCUT2D eigenvalue weighted by molar-refractivity contribution is -0.122. The smallest absolute Gasteiger partial charge is 0.224 e. The number of hydrogen-bond acceptors (Lipinski definition) is 3. The van der Waals surface area contributed by atoms with Gasteiger partial charge < -0.3 is 15.4 Å². The van der Waals surface area contributed by atoms with Crippen molar-refractivity contribution in [2.45, 2.75) is 32.6 Å². The van der Waals surface area contributed by atoms with Crippen LogP contribution in [0.4, 0.5) is 5.69 Å². The molecule has 5 nitrogen and oxygen atoms in total. The van der Waals surface area contributed by atoms with Crippen molar-refractivity contribution in [1.82, 2.24) is 5.32 Å². The lowest BCUT2D eigenvalue weighted by atomic mass is 10.2. The number of ether oxygens (including phenoxy) is 1. The molecule has 0 heterocycles. The van der Waals surface area contributed by atoms with Crippen LogP contribution in [0.15, 0.2) is 48.5 Å². The van der Waals surface area contributed by atoms with E-state index in [4.69, 9.17) is 4.74 Å². The second-order valence-corrected chi connectivity index (χ2v) is 6.63. The van der Waals surface area contributed by atoms with Gasteiger partial charge in [0, 0.05) is 18.9 Å². The third-order valence-electron chi connectivity index (χ3n) is 4.21. The van der Waals surface area contributed by atoms with Crippen LogP contribution in [0.2, 0.25) is 0 Å². The first-order valence-electron chi connectivity index (χ1n) is 9.03. The molecule has 5 heteroatoms. The molecule has 2 amide bonds. The van der Waals surface area contributed by atoms with E-state index in [2.05, 4.69) is 10.6 Å². The molecular weight excluding hydrogens is 328 g/mol. The molecule has 2 N–H and O–H groups in total. The van der Waals surface area contributed by atoms with Crippen molar-refractivity contribution in [3.05, 3.63) is 54.1 Å². The summed E-state index contributed by atoms with van der Waals surface area (Å²) >= 11 is 0. The van der Waals surface area contributed by atoms with Gasteiger partial charge in [-0.05, 0) is 56.0 Å². The molecule has 0 spiro atoms. The van der Waals surface area contributed by atoms with Gasteiger partial charge in [0.1, 0.15) is 5.75 Å². The number of carbonyl (C=O) groups excluding carboxylic acids is 2. The maximum absolute atomic E-state index is 12.2. The van der Waals surface area contributed by atoms with Crippen molar-refractivity contribution in [3.63, 3.8) is 0 Å². The SMILES string of the molecule is Cc1cccc(Oc2ccccc2NC(=O)CCCNC(=O)C2CC2)c1. The number of nitrogens with one attached hydrogen (secondary N) is 2. The molecule has 2 aromatic rings. The number of carbonyl (C=O) groups is 2.